The van der Waals surface area contributed by atoms with E-state index in [4.69, 9.17) is 25.2 Å². The second-order valence-electron chi connectivity index (χ2n) is 7.96. The first-order chi connectivity index (χ1) is 16.1. The summed E-state index contributed by atoms with van der Waals surface area (Å²) in [5.74, 6) is 1.89. The summed E-state index contributed by atoms with van der Waals surface area (Å²) in [6, 6.07) is 11.6. The molecule has 2 N–H and O–H groups in total. The van der Waals surface area contributed by atoms with E-state index in [1.165, 1.54) is 18.6 Å². The van der Waals surface area contributed by atoms with Crippen molar-refractivity contribution in [1.82, 2.24) is 19.7 Å². The molecule has 0 bridgehead atoms. The molecule has 5 rings (SSSR count). The molecule has 0 radical (unpaired) electrons. The molecule has 0 amide bonds. The molecule has 0 aliphatic carbocycles. The van der Waals surface area contributed by atoms with Gasteiger partial charge in [-0.15, -0.1) is 5.10 Å². The van der Waals surface area contributed by atoms with Crippen LogP contribution in [0.25, 0.3) is 28.0 Å². The molecule has 1 aliphatic rings. The minimum Gasteiger partial charge on any atom is -0.493 e. The van der Waals surface area contributed by atoms with Crippen LogP contribution in [0.2, 0.25) is 0 Å². The normalized spacial score (nSPS) is 14.0. The lowest BCUT2D eigenvalue weighted by molar-refractivity contribution is 0.355. The van der Waals surface area contributed by atoms with Gasteiger partial charge in [-0.3, -0.25) is 0 Å². The summed E-state index contributed by atoms with van der Waals surface area (Å²) in [5, 5.41) is 5.30. The van der Waals surface area contributed by atoms with Crippen molar-refractivity contribution in [2.24, 2.45) is 0 Å². The van der Waals surface area contributed by atoms with E-state index in [0.29, 0.717) is 45.7 Å². The molecule has 8 nitrogen and oxygen atoms in total. The third-order valence-corrected chi connectivity index (χ3v) is 5.92. The maximum atomic E-state index is 13.5. The number of nitrogens with two attached hydrogens (primary N) is 1. The van der Waals surface area contributed by atoms with Crippen LogP contribution in [0.4, 0.5) is 16.2 Å². The maximum Gasteiger partial charge on any atom is 0.228 e. The van der Waals surface area contributed by atoms with Gasteiger partial charge in [0.25, 0.3) is 0 Å². The number of fused-ring (bicyclic) bond motifs is 1. The highest BCUT2D eigenvalue weighted by atomic mass is 19.1. The van der Waals surface area contributed by atoms with Gasteiger partial charge in [-0.2, -0.15) is 4.98 Å². The largest absolute Gasteiger partial charge is 0.493 e. The zero-order valence-electron chi connectivity index (χ0n) is 18.6. The second kappa shape index (κ2) is 8.57. The topological polar surface area (TPSA) is 91.3 Å². The van der Waals surface area contributed by atoms with E-state index in [9.17, 15) is 4.39 Å². The van der Waals surface area contributed by atoms with Crippen molar-refractivity contribution in [1.29, 1.82) is 0 Å². The van der Waals surface area contributed by atoms with Gasteiger partial charge in [0.15, 0.2) is 17.1 Å². The van der Waals surface area contributed by atoms with Gasteiger partial charge >= 0.3 is 0 Å². The highest BCUT2D eigenvalue weighted by molar-refractivity contribution is 5.99. The summed E-state index contributed by atoms with van der Waals surface area (Å²) in [4.78, 5) is 11.9. The summed E-state index contributed by atoms with van der Waals surface area (Å²) < 4.78 is 25.9. The molecule has 4 aromatic rings. The average Bonchev–Trinajstić information content (AvgIpc) is 3.20. The molecule has 9 heteroatoms. The number of hydrogen-bond donors (Lipinski definition) is 1. The molecule has 1 fully saturated rings. The summed E-state index contributed by atoms with van der Waals surface area (Å²) >= 11 is 0. The molecule has 1 saturated heterocycles. The van der Waals surface area contributed by atoms with Crippen LogP contribution in [0.5, 0.6) is 11.5 Å². The Bertz CT molecular complexity index is 1300. The Morgan fingerprint density at radius 2 is 1.64 bits per heavy atom. The second-order valence-corrected chi connectivity index (χ2v) is 7.96. The van der Waals surface area contributed by atoms with Crippen molar-refractivity contribution in [2.75, 3.05) is 37.9 Å². The molecule has 1 aliphatic heterocycles. The molecule has 0 saturated carbocycles. The van der Waals surface area contributed by atoms with Crippen LogP contribution in [0.1, 0.15) is 19.3 Å². The lowest BCUT2D eigenvalue weighted by Crippen LogP contribution is -2.31. The summed E-state index contributed by atoms with van der Waals surface area (Å²) in [6.07, 6.45) is 3.39. The van der Waals surface area contributed by atoms with E-state index in [-0.39, 0.29) is 5.82 Å². The van der Waals surface area contributed by atoms with Crippen LogP contribution < -0.4 is 20.1 Å². The summed E-state index contributed by atoms with van der Waals surface area (Å²) in [5.41, 5.74) is 9.15. The monoisotopic (exact) mass is 448 g/mol. The lowest BCUT2D eigenvalue weighted by Gasteiger charge is -2.26. The van der Waals surface area contributed by atoms with E-state index in [2.05, 4.69) is 10.00 Å². The van der Waals surface area contributed by atoms with Gasteiger partial charge in [0.2, 0.25) is 5.95 Å². The highest BCUT2D eigenvalue weighted by Crippen LogP contribution is 2.37. The van der Waals surface area contributed by atoms with E-state index in [0.717, 1.165) is 31.5 Å². The Labute approximate surface area is 190 Å². The van der Waals surface area contributed by atoms with Crippen LogP contribution in [0.15, 0.2) is 42.5 Å². The van der Waals surface area contributed by atoms with E-state index >= 15 is 0 Å². The quantitative estimate of drug-likeness (QED) is 0.489. The zero-order chi connectivity index (χ0) is 22.9. The first-order valence-corrected chi connectivity index (χ1v) is 10.9. The van der Waals surface area contributed by atoms with Crippen molar-refractivity contribution < 1.29 is 13.9 Å². The van der Waals surface area contributed by atoms with E-state index in [1.807, 2.05) is 18.2 Å². The number of ether oxygens (including phenoxy) is 2. The minimum absolute atomic E-state index is 0.327. The smallest absolute Gasteiger partial charge is 0.228 e. The number of methoxy groups -OCH3 is 2. The Hall–Kier alpha value is -3.88. The van der Waals surface area contributed by atoms with Crippen LogP contribution in [-0.2, 0) is 0 Å². The van der Waals surface area contributed by atoms with Gasteiger partial charge in [0, 0.05) is 18.7 Å². The van der Waals surface area contributed by atoms with Gasteiger partial charge in [-0.05, 0) is 61.7 Å². The van der Waals surface area contributed by atoms with Crippen LogP contribution in [0, 0.1) is 5.82 Å². The van der Waals surface area contributed by atoms with Crippen molar-refractivity contribution >= 4 is 22.8 Å². The lowest BCUT2D eigenvalue weighted by atomic mass is 10.1. The number of nitrogen functional groups attached to an aromatic ring is 1. The Balaban J connectivity index is 1.74. The number of benzene rings is 2. The van der Waals surface area contributed by atoms with Crippen molar-refractivity contribution in [2.45, 2.75) is 19.3 Å². The summed E-state index contributed by atoms with van der Waals surface area (Å²) in [6.45, 7) is 1.79. The van der Waals surface area contributed by atoms with Gasteiger partial charge in [-0.25, -0.2) is 14.1 Å². The molecule has 2 aromatic heterocycles. The number of piperidine rings is 1. The molecule has 2 aromatic carbocycles. The number of anilines is 2. The number of nitrogens with zero attached hydrogens (tertiary/aromatic N) is 5. The fourth-order valence-electron chi connectivity index (χ4n) is 4.21. The Morgan fingerprint density at radius 3 is 2.33 bits per heavy atom. The minimum atomic E-state index is -0.327. The molecule has 0 spiro atoms. The number of rotatable bonds is 5. The molecular formula is C24H25FN6O2. The first kappa shape index (κ1) is 21.0. The third kappa shape index (κ3) is 3.79. The van der Waals surface area contributed by atoms with Gasteiger partial charge in [0.05, 0.1) is 31.0 Å². The summed E-state index contributed by atoms with van der Waals surface area (Å²) in [7, 11) is 3.19. The third-order valence-electron chi connectivity index (χ3n) is 5.92. The molecule has 170 valence electrons. The van der Waals surface area contributed by atoms with E-state index in [1.54, 1.807) is 31.0 Å². The molecular weight excluding hydrogens is 423 g/mol. The first-order valence-electron chi connectivity index (χ1n) is 10.9. The SMILES string of the molecule is COc1ccc(-c2nc(N3CCCCC3)nc3nn(-c4ccc(F)cc4)c(N)c23)cc1OC. The van der Waals surface area contributed by atoms with Crippen LogP contribution >= 0.6 is 0 Å². The average molecular weight is 449 g/mol. The number of aromatic nitrogens is 4. The van der Waals surface area contributed by atoms with Gasteiger partial charge in [0.1, 0.15) is 11.6 Å². The number of halogens is 1. The molecule has 0 atom stereocenters. The van der Waals surface area contributed by atoms with E-state index < -0.39 is 0 Å². The fraction of sp³-hybridized carbons (Fsp3) is 0.292. The fourth-order valence-corrected chi connectivity index (χ4v) is 4.21. The highest BCUT2D eigenvalue weighted by Gasteiger charge is 2.23. The zero-order valence-corrected chi connectivity index (χ0v) is 18.6. The van der Waals surface area contributed by atoms with Gasteiger partial charge < -0.3 is 20.1 Å². The maximum absolute atomic E-state index is 13.5. The van der Waals surface area contributed by atoms with Crippen molar-refractivity contribution in [3.63, 3.8) is 0 Å². The predicted octanol–water partition coefficient (Wildman–Crippen LogP) is 4.21. The van der Waals surface area contributed by atoms with Crippen LogP contribution in [0.3, 0.4) is 0 Å². The number of hydrogen-bond acceptors (Lipinski definition) is 7. The van der Waals surface area contributed by atoms with Crippen molar-refractivity contribution in [3.8, 4) is 28.4 Å². The Morgan fingerprint density at radius 1 is 0.909 bits per heavy atom. The van der Waals surface area contributed by atoms with Crippen LogP contribution in [-0.4, -0.2) is 47.1 Å². The molecule has 33 heavy (non-hydrogen) atoms. The van der Waals surface area contributed by atoms with Gasteiger partial charge in [-0.1, -0.05) is 0 Å². The molecule has 3 heterocycles. The Kier molecular flexibility index (Phi) is 5.45. The standard InChI is InChI=1S/C24H25FN6O2/c1-32-18-11-6-15(14-19(18)33-2)21-20-22(26)31(17-9-7-16(25)8-10-17)29-23(20)28-24(27-21)30-12-4-3-5-13-30/h6-11,14H,3-5,12-13,26H2,1-2H3. The van der Waals surface area contributed by atoms with Crippen molar-refractivity contribution in [3.05, 3.63) is 48.3 Å². The predicted molar refractivity (Wildman–Crippen MR) is 126 cm³/mol. The molecule has 0 unspecified atom stereocenters.